The summed E-state index contributed by atoms with van der Waals surface area (Å²) in [6.07, 6.45) is 0.845. The molecule has 4 N–H and O–H groups in total. The number of pyridine rings is 1. The van der Waals surface area contributed by atoms with E-state index in [9.17, 15) is 4.79 Å². The van der Waals surface area contributed by atoms with Crippen LogP contribution in [0.1, 0.15) is 29.2 Å². The number of aromatic nitrogens is 1. The van der Waals surface area contributed by atoms with Crippen LogP contribution in [0.25, 0.3) is 10.2 Å². The number of thiophene rings is 2. The standard InChI is InChI=1S/C15H17N3OS2.C2H6/c1-9-12(4-5-16)21-15-11(7-13(19)18-14(9)15)17-8-10-3-2-6-20-10;1-2/h2-3,6-7H,4-5,8,16H2,1H3,(H2,17,18,19);1-2H3. The van der Waals surface area contributed by atoms with Crippen molar-refractivity contribution in [2.45, 2.75) is 33.7 Å². The number of anilines is 1. The molecule has 3 aromatic rings. The molecule has 4 nitrogen and oxygen atoms in total. The summed E-state index contributed by atoms with van der Waals surface area (Å²) < 4.78 is 1.10. The van der Waals surface area contributed by atoms with Gasteiger partial charge in [0.15, 0.2) is 0 Å². The molecule has 0 atom stereocenters. The highest BCUT2D eigenvalue weighted by Crippen LogP contribution is 2.34. The van der Waals surface area contributed by atoms with Crippen LogP contribution >= 0.6 is 22.7 Å². The Morgan fingerprint density at radius 1 is 1.35 bits per heavy atom. The summed E-state index contributed by atoms with van der Waals surface area (Å²) in [6, 6.07) is 5.75. The molecule has 3 rings (SSSR count). The molecule has 3 heterocycles. The molecule has 0 bridgehead atoms. The zero-order chi connectivity index (χ0) is 16.8. The van der Waals surface area contributed by atoms with Gasteiger partial charge in [-0.3, -0.25) is 4.79 Å². The molecule has 0 aliphatic rings. The number of fused-ring (bicyclic) bond motifs is 1. The lowest BCUT2D eigenvalue weighted by Crippen LogP contribution is -2.07. The second kappa shape index (κ2) is 8.29. The minimum atomic E-state index is -0.0728. The van der Waals surface area contributed by atoms with E-state index in [1.807, 2.05) is 26.8 Å². The maximum atomic E-state index is 11.9. The summed E-state index contributed by atoms with van der Waals surface area (Å²) in [5.74, 6) is 0. The summed E-state index contributed by atoms with van der Waals surface area (Å²) in [7, 11) is 0. The van der Waals surface area contributed by atoms with Crippen molar-refractivity contribution in [2.75, 3.05) is 11.9 Å². The lowest BCUT2D eigenvalue weighted by atomic mass is 10.2. The Morgan fingerprint density at radius 3 is 2.78 bits per heavy atom. The summed E-state index contributed by atoms with van der Waals surface area (Å²) in [5.41, 5.74) is 8.56. The number of hydrogen-bond acceptors (Lipinski definition) is 5. The van der Waals surface area contributed by atoms with E-state index < -0.39 is 0 Å². The number of H-pyrrole nitrogens is 1. The van der Waals surface area contributed by atoms with E-state index in [-0.39, 0.29) is 5.56 Å². The molecule has 0 fully saturated rings. The fourth-order valence-electron chi connectivity index (χ4n) is 2.35. The Hall–Kier alpha value is -1.63. The topological polar surface area (TPSA) is 70.9 Å². The highest BCUT2D eigenvalue weighted by atomic mass is 32.1. The average molecular weight is 350 g/mol. The molecule has 0 spiro atoms. The van der Waals surface area contributed by atoms with Crippen molar-refractivity contribution in [2.24, 2.45) is 5.73 Å². The van der Waals surface area contributed by atoms with Crippen molar-refractivity contribution in [3.63, 3.8) is 0 Å². The highest BCUT2D eigenvalue weighted by Gasteiger charge is 2.13. The fraction of sp³-hybridized carbons (Fsp3) is 0.353. The smallest absolute Gasteiger partial charge is 0.250 e. The minimum Gasteiger partial charge on any atom is -0.379 e. The molecule has 0 aliphatic heterocycles. The van der Waals surface area contributed by atoms with Gasteiger partial charge in [-0.15, -0.1) is 22.7 Å². The maximum absolute atomic E-state index is 11.9. The van der Waals surface area contributed by atoms with Crippen LogP contribution < -0.4 is 16.6 Å². The number of nitrogens with one attached hydrogen (secondary N) is 2. The molecule has 6 heteroatoms. The number of hydrogen-bond donors (Lipinski definition) is 3. The monoisotopic (exact) mass is 349 g/mol. The summed E-state index contributed by atoms with van der Waals surface area (Å²) in [4.78, 5) is 17.3. The van der Waals surface area contributed by atoms with Crippen LogP contribution in [0, 0.1) is 6.92 Å². The summed E-state index contributed by atoms with van der Waals surface area (Å²) in [6.45, 7) is 7.40. The van der Waals surface area contributed by atoms with Gasteiger partial charge in [0.1, 0.15) is 0 Å². The van der Waals surface area contributed by atoms with Crippen molar-refractivity contribution in [1.29, 1.82) is 0 Å². The van der Waals surface area contributed by atoms with Gasteiger partial charge in [0.2, 0.25) is 0 Å². The van der Waals surface area contributed by atoms with Gasteiger partial charge in [0, 0.05) is 22.4 Å². The SMILES string of the molecule is CC.Cc1c(CCN)sc2c(NCc3cccs3)cc(=O)[nH]c12. The fourth-order valence-corrected chi connectivity index (χ4v) is 4.27. The van der Waals surface area contributed by atoms with E-state index in [1.54, 1.807) is 28.7 Å². The largest absolute Gasteiger partial charge is 0.379 e. The van der Waals surface area contributed by atoms with Gasteiger partial charge in [-0.2, -0.15) is 0 Å². The normalized spacial score (nSPS) is 10.4. The number of nitrogens with two attached hydrogens (primary N) is 1. The van der Waals surface area contributed by atoms with Crippen LogP contribution in [-0.2, 0) is 13.0 Å². The van der Waals surface area contributed by atoms with Crippen LogP contribution in [-0.4, -0.2) is 11.5 Å². The Labute approximate surface area is 144 Å². The summed E-state index contributed by atoms with van der Waals surface area (Å²) in [5, 5.41) is 5.44. The van der Waals surface area contributed by atoms with Crippen LogP contribution in [0.2, 0.25) is 0 Å². The predicted octanol–water partition coefficient (Wildman–Crippen LogP) is 4.10. The van der Waals surface area contributed by atoms with E-state index in [0.717, 1.165) is 34.4 Å². The molecule has 0 radical (unpaired) electrons. The van der Waals surface area contributed by atoms with Gasteiger partial charge >= 0.3 is 0 Å². The Balaban J connectivity index is 0.000000924. The zero-order valence-corrected chi connectivity index (χ0v) is 15.4. The third-order valence-corrected chi connectivity index (χ3v) is 5.68. The molecular formula is C17H23N3OS2. The van der Waals surface area contributed by atoms with Gasteiger partial charge < -0.3 is 16.0 Å². The van der Waals surface area contributed by atoms with Crippen LogP contribution in [0.4, 0.5) is 5.69 Å². The predicted molar refractivity (Wildman–Crippen MR) is 103 cm³/mol. The van der Waals surface area contributed by atoms with E-state index in [0.29, 0.717) is 6.54 Å². The van der Waals surface area contributed by atoms with Crippen molar-refractivity contribution in [3.8, 4) is 0 Å². The van der Waals surface area contributed by atoms with Crippen LogP contribution in [0.3, 0.4) is 0 Å². The number of aryl methyl sites for hydroxylation is 1. The van der Waals surface area contributed by atoms with Gasteiger partial charge in [-0.1, -0.05) is 19.9 Å². The molecule has 0 aliphatic carbocycles. The molecular weight excluding hydrogens is 326 g/mol. The van der Waals surface area contributed by atoms with E-state index in [1.165, 1.54) is 9.75 Å². The lowest BCUT2D eigenvalue weighted by molar-refractivity contribution is 0.981. The Kier molecular flexibility index (Phi) is 6.38. The first-order valence-electron chi connectivity index (χ1n) is 7.80. The van der Waals surface area contributed by atoms with Crippen molar-refractivity contribution in [1.82, 2.24) is 4.98 Å². The molecule has 0 saturated carbocycles. The van der Waals surface area contributed by atoms with Crippen molar-refractivity contribution < 1.29 is 0 Å². The molecule has 3 aromatic heterocycles. The first-order valence-corrected chi connectivity index (χ1v) is 9.50. The maximum Gasteiger partial charge on any atom is 0.250 e. The molecule has 124 valence electrons. The Bertz CT molecular complexity index is 803. The molecule has 0 saturated heterocycles. The Morgan fingerprint density at radius 2 is 2.13 bits per heavy atom. The first kappa shape index (κ1) is 17.7. The highest BCUT2D eigenvalue weighted by molar-refractivity contribution is 7.19. The van der Waals surface area contributed by atoms with Crippen LogP contribution in [0.15, 0.2) is 28.4 Å². The summed E-state index contributed by atoms with van der Waals surface area (Å²) >= 11 is 3.42. The lowest BCUT2D eigenvalue weighted by Gasteiger charge is -2.05. The van der Waals surface area contributed by atoms with Gasteiger partial charge in [-0.25, -0.2) is 0 Å². The minimum absolute atomic E-state index is 0.0728. The van der Waals surface area contributed by atoms with Crippen molar-refractivity contribution >= 4 is 38.6 Å². The second-order valence-electron chi connectivity index (χ2n) is 4.87. The number of rotatable bonds is 5. The van der Waals surface area contributed by atoms with E-state index in [2.05, 4.69) is 21.7 Å². The third-order valence-electron chi connectivity index (χ3n) is 3.42. The molecule has 0 aromatic carbocycles. The first-order chi connectivity index (χ1) is 11.2. The molecule has 23 heavy (non-hydrogen) atoms. The van der Waals surface area contributed by atoms with Crippen molar-refractivity contribution in [3.05, 3.63) is 49.3 Å². The van der Waals surface area contributed by atoms with Gasteiger partial charge in [-0.05, 0) is 36.9 Å². The van der Waals surface area contributed by atoms with Crippen LogP contribution in [0.5, 0.6) is 0 Å². The molecule has 0 amide bonds. The van der Waals surface area contributed by atoms with Gasteiger partial charge in [0.25, 0.3) is 5.56 Å². The molecule has 0 unspecified atom stereocenters. The average Bonchev–Trinajstić information content (AvgIpc) is 3.18. The second-order valence-corrected chi connectivity index (χ2v) is 7.01. The van der Waals surface area contributed by atoms with E-state index >= 15 is 0 Å². The zero-order valence-electron chi connectivity index (χ0n) is 13.7. The quantitative estimate of drug-likeness (QED) is 0.649. The number of aromatic amines is 1. The third kappa shape index (κ3) is 4.02. The van der Waals surface area contributed by atoms with E-state index in [4.69, 9.17) is 5.73 Å². The van der Waals surface area contributed by atoms with Gasteiger partial charge in [0.05, 0.1) is 15.9 Å².